The maximum absolute atomic E-state index is 14.9. The highest BCUT2D eigenvalue weighted by Gasteiger charge is 2.72. The van der Waals surface area contributed by atoms with E-state index in [2.05, 4.69) is 10.6 Å². The molecule has 0 spiro atoms. The molecule has 4 N–H and O–H groups in total. The molecule has 0 aliphatic carbocycles. The number of anilines is 2. The number of carboxylic acids is 2. The number of halogens is 6. The lowest BCUT2D eigenvalue weighted by molar-refractivity contribution is -0.288. The molecule has 52 heavy (non-hydrogen) atoms. The van der Waals surface area contributed by atoms with Crippen molar-refractivity contribution in [2.75, 3.05) is 17.7 Å². The maximum atomic E-state index is 14.9. The SMILES string of the molecule is CNc1cc(C(c2ccc(C)c(NC(=O)c3cc(S(=O)(=O)c4ccc(C(=O)O)c(C(C)=O)c4)ccc3C(=O)O)c2)(C(F)(F)F)C(F)(F)F)ccc1C. The quantitative estimate of drug-likeness (QED) is 0.0952. The monoisotopic (exact) mass is 750 g/mol. The van der Waals surface area contributed by atoms with E-state index in [9.17, 15) is 64.2 Å². The summed E-state index contributed by atoms with van der Waals surface area (Å²) >= 11 is 0. The molecule has 0 aliphatic rings. The zero-order valence-corrected chi connectivity index (χ0v) is 28.3. The van der Waals surface area contributed by atoms with Crippen molar-refractivity contribution in [2.45, 2.75) is 48.3 Å². The minimum absolute atomic E-state index is 0.0117. The van der Waals surface area contributed by atoms with Gasteiger partial charge in [0, 0.05) is 24.0 Å². The molecular formula is C35H28F6N2O8S. The number of alkyl halides is 6. The van der Waals surface area contributed by atoms with E-state index in [4.69, 9.17) is 0 Å². The van der Waals surface area contributed by atoms with Gasteiger partial charge in [-0.05, 0) is 91.6 Å². The third-order valence-electron chi connectivity index (χ3n) is 8.40. The molecule has 0 fully saturated rings. The number of amides is 1. The van der Waals surface area contributed by atoms with E-state index in [1.54, 1.807) is 0 Å². The average molecular weight is 751 g/mol. The largest absolute Gasteiger partial charge is 0.478 e. The van der Waals surface area contributed by atoms with Gasteiger partial charge in [0.2, 0.25) is 15.3 Å². The van der Waals surface area contributed by atoms with Gasteiger partial charge in [0.05, 0.1) is 26.5 Å². The Bertz CT molecular complexity index is 2230. The standard InChI is InChI=1S/C35H28F6N2O8S/c1-17-5-7-20(13-28(17)42-4)33(34(36,37)38,35(39,40)41)21-8-6-18(2)29(14-21)43-30(45)27-16-23(10-12-25(27)32(48)49)52(50,51)22-9-11-24(31(46)47)26(15-22)19(3)44/h5-16,42H,1-4H3,(H,43,45)(H,46,47)(H,48,49). The van der Waals surface area contributed by atoms with E-state index in [-0.39, 0.29) is 11.3 Å². The summed E-state index contributed by atoms with van der Waals surface area (Å²) in [6, 6.07) is 9.12. The minimum Gasteiger partial charge on any atom is -0.478 e. The molecular weight excluding hydrogens is 722 g/mol. The number of nitrogens with one attached hydrogen (secondary N) is 2. The number of carbonyl (C=O) groups excluding carboxylic acids is 2. The summed E-state index contributed by atoms with van der Waals surface area (Å²) in [5.74, 6) is -5.46. The first-order valence-corrected chi connectivity index (χ1v) is 16.3. The highest BCUT2D eigenvalue weighted by Crippen LogP contribution is 2.57. The summed E-state index contributed by atoms with van der Waals surface area (Å²) < 4.78 is 117. The number of sulfone groups is 1. The molecule has 1 amide bonds. The van der Waals surface area contributed by atoms with Gasteiger partial charge in [-0.1, -0.05) is 24.3 Å². The van der Waals surface area contributed by atoms with Crippen LogP contribution >= 0.6 is 0 Å². The van der Waals surface area contributed by atoms with E-state index < -0.39 is 100 Å². The number of hydrogen-bond donors (Lipinski definition) is 4. The molecule has 10 nitrogen and oxygen atoms in total. The lowest BCUT2D eigenvalue weighted by Gasteiger charge is -2.39. The highest BCUT2D eigenvalue weighted by molar-refractivity contribution is 7.91. The van der Waals surface area contributed by atoms with Crippen molar-refractivity contribution in [3.05, 3.63) is 117 Å². The number of aryl methyl sites for hydroxylation is 2. The van der Waals surface area contributed by atoms with Gasteiger partial charge < -0.3 is 20.8 Å². The maximum Gasteiger partial charge on any atom is 0.411 e. The molecule has 4 rings (SSSR count). The van der Waals surface area contributed by atoms with Crippen LogP contribution in [0.5, 0.6) is 0 Å². The Morgan fingerprint density at radius 2 is 1.04 bits per heavy atom. The Hall–Kier alpha value is -5.71. The predicted octanol–water partition coefficient (Wildman–Crippen LogP) is 7.44. The summed E-state index contributed by atoms with van der Waals surface area (Å²) in [5, 5.41) is 23.8. The van der Waals surface area contributed by atoms with Gasteiger partial charge in [-0.2, -0.15) is 26.3 Å². The van der Waals surface area contributed by atoms with Crippen molar-refractivity contribution in [2.24, 2.45) is 0 Å². The van der Waals surface area contributed by atoms with Crippen LogP contribution in [0.3, 0.4) is 0 Å². The van der Waals surface area contributed by atoms with Gasteiger partial charge in [0.25, 0.3) is 5.91 Å². The lowest BCUT2D eigenvalue weighted by Crippen LogP contribution is -2.54. The molecule has 0 aliphatic heterocycles. The third-order valence-corrected chi connectivity index (χ3v) is 10.1. The summed E-state index contributed by atoms with van der Waals surface area (Å²) in [6.07, 6.45) is -12.0. The van der Waals surface area contributed by atoms with Crippen LogP contribution in [0.1, 0.15) is 70.6 Å². The highest BCUT2D eigenvalue weighted by atomic mass is 32.2. The van der Waals surface area contributed by atoms with Crippen LogP contribution in [0.4, 0.5) is 37.7 Å². The number of aromatic carboxylic acids is 2. The predicted molar refractivity (Wildman–Crippen MR) is 175 cm³/mol. The molecule has 0 atom stereocenters. The molecule has 0 aromatic heterocycles. The Morgan fingerprint density at radius 3 is 1.46 bits per heavy atom. The van der Waals surface area contributed by atoms with Gasteiger partial charge >= 0.3 is 24.3 Å². The van der Waals surface area contributed by atoms with Crippen molar-refractivity contribution < 1.29 is 64.2 Å². The van der Waals surface area contributed by atoms with Crippen molar-refractivity contribution >= 4 is 44.8 Å². The topological polar surface area (TPSA) is 167 Å². The van der Waals surface area contributed by atoms with Crippen LogP contribution in [0.2, 0.25) is 0 Å². The van der Waals surface area contributed by atoms with Crippen molar-refractivity contribution in [3.8, 4) is 0 Å². The van der Waals surface area contributed by atoms with E-state index in [0.717, 1.165) is 49.4 Å². The van der Waals surface area contributed by atoms with Gasteiger partial charge in [0.1, 0.15) is 0 Å². The number of benzene rings is 4. The molecule has 0 heterocycles. The fraction of sp³-hybridized carbons (Fsp3) is 0.200. The molecule has 0 unspecified atom stereocenters. The Morgan fingerprint density at radius 1 is 0.615 bits per heavy atom. The average Bonchev–Trinajstić information content (AvgIpc) is 3.05. The molecule has 0 bridgehead atoms. The smallest absolute Gasteiger partial charge is 0.411 e. The third kappa shape index (κ3) is 6.82. The fourth-order valence-corrected chi connectivity index (χ4v) is 6.97. The molecule has 4 aromatic rings. The van der Waals surface area contributed by atoms with E-state index in [1.807, 2.05) is 0 Å². The second-order valence-electron chi connectivity index (χ2n) is 11.6. The van der Waals surface area contributed by atoms with Gasteiger partial charge in [-0.3, -0.25) is 9.59 Å². The Balaban J connectivity index is 1.88. The van der Waals surface area contributed by atoms with Crippen LogP contribution in [-0.2, 0) is 15.3 Å². The molecule has 4 aromatic carbocycles. The first-order valence-electron chi connectivity index (χ1n) is 14.8. The second-order valence-corrected chi connectivity index (χ2v) is 13.5. The molecule has 0 radical (unpaired) electrons. The zero-order chi connectivity index (χ0) is 39.1. The molecule has 0 saturated heterocycles. The van der Waals surface area contributed by atoms with Crippen LogP contribution in [0.15, 0.2) is 82.6 Å². The lowest BCUT2D eigenvalue weighted by atomic mass is 9.72. The van der Waals surface area contributed by atoms with Gasteiger partial charge in [-0.15, -0.1) is 0 Å². The first-order chi connectivity index (χ1) is 24.0. The summed E-state index contributed by atoms with van der Waals surface area (Å²) in [5.41, 5.74) is -9.99. The number of carboxylic acid groups (broad SMARTS) is 2. The summed E-state index contributed by atoms with van der Waals surface area (Å²) in [6.45, 7) is 3.72. The van der Waals surface area contributed by atoms with Gasteiger partial charge in [-0.25, -0.2) is 18.0 Å². The van der Waals surface area contributed by atoms with Crippen molar-refractivity contribution in [3.63, 3.8) is 0 Å². The van der Waals surface area contributed by atoms with E-state index in [1.165, 1.54) is 20.9 Å². The number of carbonyl (C=O) groups is 4. The molecule has 274 valence electrons. The first kappa shape index (κ1) is 39.1. The minimum atomic E-state index is -5.98. The van der Waals surface area contributed by atoms with Crippen LogP contribution < -0.4 is 10.6 Å². The van der Waals surface area contributed by atoms with Crippen LogP contribution in [0, 0.1) is 13.8 Å². The van der Waals surface area contributed by atoms with Gasteiger partial charge in [0.15, 0.2) is 5.78 Å². The van der Waals surface area contributed by atoms with E-state index >= 15 is 0 Å². The Kier molecular flexibility index (Phi) is 10.4. The van der Waals surface area contributed by atoms with Crippen LogP contribution in [-0.4, -0.2) is 61.7 Å². The Labute approximate surface area is 292 Å². The summed E-state index contributed by atoms with van der Waals surface area (Å²) in [4.78, 5) is 47.9. The number of Topliss-reactive ketones (excluding diaryl/α,β-unsaturated/α-hetero) is 1. The fourth-order valence-electron chi connectivity index (χ4n) is 5.66. The number of ketones is 1. The van der Waals surface area contributed by atoms with Crippen molar-refractivity contribution in [1.29, 1.82) is 0 Å². The second kappa shape index (κ2) is 13.8. The van der Waals surface area contributed by atoms with Crippen LogP contribution in [0.25, 0.3) is 0 Å². The normalized spacial score (nSPS) is 12.3. The molecule has 17 heteroatoms. The molecule has 0 saturated carbocycles. The zero-order valence-electron chi connectivity index (χ0n) is 27.4. The van der Waals surface area contributed by atoms with E-state index in [0.29, 0.717) is 35.9 Å². The van der Waals surface area contributed by atoms with Crippen molar-refractivity contribution in [1.82, 2.24) is 0 Å². The number of rotatable bonds is 10. The summed E-state index contributed by atoms with van der Waals surface area (Å²) in [7, 11) is -3.37. The number of hydrogen-bond acceptors (Lipinski definition) is 7.